The van der Waals surface area contributed by atoms with Crippen LogP contribution in [0.15, 0.2) is 89.7 Å². The van der Waals surface area contributed by atoms with E-state index in [0.717, 1.165) is 41.6 Å². The lowest BCUT2D eigenvalue weighted by Crippen LogP contribution is -2.35. The van der Waals surface area contributed by atoms with Crippen molar-refractivity contribution < 1.29 is 4.79 Å². The molecule has 5 heteroatoms. The number of carbonyl (C=O) groups is 1. The Morgan fingerprint density at radius 1 is 0.944 bits per heavy atom. The van der Waals surface area contributed by atoms with Crippen molar-refractivity contribution in [2.45, 2.75) is 33.1 Å². The minimum Gasteiger partial charge on any atom is -0.306 e. The van der Waals surface area contributed by atoms with Crippen molar-refractivity contribution in [2.75, 3.05) is 11.9 Å². The first-order valence-electron chi connectivity index (χ1n) is 12.2. The van der Waals surface area contributed by atoms with Crippen LogP contribution in [0.2, 0.25) is 0 Å². The molecule has 1 heterocycles. The molecule has 0 aliphatic rings. The molecule has 0 aliphatic heterocycles. The van der Waals surface area contributed by atoms with Gasteiger partial charge in [-0.15, -0.1) is 0 Å². The summed E-state index contributed by atoms with van der Waals surface area (Å²) in [6, 6.07) is 28.3. The Bertz CT molecular complexity index is 1500. The molecule has 1 amide bonds. The number of unbranched alkanes of at least 4 members (excludes halogenated alkanes) is 1. The van der Waals surface area contributed by atoms with Gasteiger partial charge in [0.15, 0.2) is 0 Å². The number of aromatic nitrogens is 1. The molecule has 0 saturated carbocycles. The number of carbonyl (C=O) groups excluding carboxylic acids is 1. The van der Waals surface area contributed by atoms with Crippen LogP contribution in [0.5, 0.6) is 0 Å². The van der Waals surface area contributed by atoms with Crippen LogP contribution in [0, 0.1) is 18.3 Å². The highest BCUT2D eigenvalue weighted by molar-refractivity contribution is 6.06. The van der Waals surface area contributed by atoms with Gasteiger partial charge in [-0.25, -0.2) is 0 Å². The molecule has 0 N–H and O–H groups in total. The maximum absolute atomic E-state index is 14.2. The summed E-state index contributed by atoms with van der Waals surface area (Å²) in [7, 11) is 1.64. The molecule has 0 saturated heterocycles. The van der Waals surface area contributed by atoms with E-state index in [4.69, 9.17) is 0 Å². The van der Waals surface area contributed by atoms with Crippen molar-refractivity contribution in [3.05, 3.63) is 118 Å². The number of rotatable bonds is 7. The lowest BCUT2D eigenvalue weighted by molar-refractivity contribution is 0.0992. The predicted octanol–water partition coefficient (Wildman–Crippen LogP) is 6.30. The fourth-order valence-corrected chi connectivity index (χ4v) is 4.59. The van der Waals surface area contributed by atoms with Gasteiger partial charge in [0.05, 0.1) is 17.3 Å². The molecule has 0 radical (unpaired) electrons. The Morgan fingerprint density at radius 3 is 2.28 bits per heavy atom. The zero-order chi connectivity index (χ0) is 25.7. The number of benzene rings is 3. The van der Waals surface area contributed by atoms with Crippen LogP contribution in [0.4, 0.5) is 5.69 Å². The van der Waals surface area contributed by atoms with E-state index in [0.29, 0.717) is 22.5 Å². The number of nitrogens with zero attached hydrogens (tertiary/aromatic N) is 3. The zero-order valence-electron chi connectivity index (χ0n) is 20.9. The Hall–Kier alpha value is -4.43. The molecule has 4 rings (SSSR count). The van der Waals surface area contributed by atoms with Gasteiger partial charge in [0.2, 0.25) is 0 Å². The molecule has 0 atom stereocenters. The van der Waals surface area contributed by atoms with Gasteiger partial charge >= 0.3 is 0 Å². The Balaban J connectivity index is 1.97. The fraction of sp³-hybridized carbons (Fsp3) is 0.194. The second-order valence-corrected chi connectivity index (χ2v) is 8.82. The largest absolute Gasteiger partial charge is 0.306 e. The van der Waals surface area contributed by atoms with Crippen molar-refractivity contribution in [3.63, 3.8) is 0 Å². The lowest BCUT2D eigenvalue weighted by Gasteiger charge is -2.24. The smallest absolute Gasteiger partial charge is 0.279 e. The molecular weight excluding hydrogens is 446 g/mol. The van der Waals surface area contributed by atoms with Crippen LogP contribution in [0.25, 0.3) is 16.8 Å². The van der Waals surface area contributed by atoms with Crippen LogP contribution < -0.4 is 10.5 Å². The first kappa shape index (κ1) is 24.7. The standard InChI is InChI=1S/C31H29N3O2/c1-4-5-16-25-20-22(2)29(33(3)30(35)23-13-7-6-8-14-23)31(36)34(25)28-19-12-11-18-27(28)26-17-10-9-15-24(26)21-32/h6-15,17-20H,4-5,16H2,1-3H3. The van der Waals surface area contributed by atoms with Gasteiger partial charge in [0.25, 0.3) is 11.5 Å². The third-order valence-electron chi connectivity index (χ3n) is 6.38. The molecule has 3 aromatic carbocycles. The summed E-state index contributed by atoms with van der Waals surface area (Å²) in [6.07, 6.45) is 2.63. The van der Waals surface area contributed by atoms with E-state index >= 15 is 0 Å². The third-order valence-corrected chi connectivity index (χ3v) is 6.38. The fourth-order valence-electron chi connectivity index (χ4n) is 4.59. The Labute approximate surface area is 211 Å². The molecule has 4 aromatic rings. The molecule has 5 nitrogen and oxygen atoms in total. The minimum atomic E-state index is -0.255. The highest BCUT2D eigenvalue weighted by Crippen LogP contribution is 2.31. The molecule has 36 heavy (non-hydrogen) atoms. The number of hydrogen-bond acceptors (Lipinski definition) is 3. The zero-order valence-corrected chi connectivity index (χ0v) is 20.9. The van der Waals surface area contributed by atoms with Crippen molar-refractivity contribution in [1.29, 1.82) is 5.26 Å². The molecule has 0 aliphatic carbocycles. The second kappa shape index (κ2) is 10.9. The monoisotopic (exact) mass is 475 g/mol. The van der Waals surface area contributed by atoms with E-state index < -0.39 is 0 Å². The average molecular weight is 476 g/mol. The number of anilines is 1. The summed E-state index contributed by atoms with van der Waals surface area (Å²) in [5.41, 5.74) is 5.02. The average Bonchev–Trinajstić information content (AvgIpc) is 2.91. The minimum absolute atomic E-state index is 0.244. The SMILES string of the molecule is CCCCc1cc(C)c(N(C)C(=O)c2ccccc2)c(=O)n1-c1ccccc1-c1ccccc1C#N. The van der Waals surface area contributed by atoms with Crippen LogP contribution in [0.1, 0.15) is 46.9 Å². The van der Waals surface area contributed by atoms with E-state index in [2.05, 4.69) is 13.0 Å². The van der Waals surface area contributed by atoms with Crippen LogP contribution >= 0.6 is 0 Å². The van der Waals surface area contributed by atoms with Gasteiger partial charge in [-0.2, -0.15) is 5.26 Å². The maximum Gasteiger partial charge on any atom is 0.279 e. The maximum atomic E-state index is 14.2. The normalized spacial score (nSPS) is 10.6. The summed E-state index contributed by atoms with van der Waals surface area (Å²) in [4.78, 5) is 28.9. The first-order chi connectivity index (χ1) is 17.5. The first-order valence-corrected chi connectivity index (χ1v) is 12.2. The van der Waals surface area contributed by atoms with E-state index in [9.17, 15) is 14.9 Å². The summed E-state index contributed by atoms with van der Waals surface area (Å²) in [6.45, 7) is 4.00. The lowest BCUT2D eigenvalue weighted by atomic mass is 9.98. The van der Waals surface area contributed by atoms with Gasteiger partial charge in [-0.3, -0.25) is 14.2 Å². The number of amides is 1. The van der Waals surface area contributed by atoms with Crippen molar-refractivity contribution in [2.24, 2.45) is 0 Å². The van der Waals surface area contributed by atoms with Crippen molar-refractivity contribution >= 4 is 11.6 Å². The molecule has 0 fully saturated rings. The van der Waals surface area contributed by atoms with Crippen molar-refractivity contribution in [1.82, 2.24) is 4.57 Å². The van der Waals surface area contributed by atoms with Gasteiger partial charge in [-0.1, -0.05) is 67.9 Å². The van der Waals surface area contributed by atoms with Gasteiger partial charge < -0.3 is 4.90 Å². The van der Waals surface area contributed by atoms with Crippen molar-refractivity contribution in [3.8, 4) is 22.9 Å². The quantitative estimate of drug-likeness (QED) is 0.315. The van der Waals surface area contributed by atoms with Gasteiger partial charge in [0.1, 0.15) is 5.69 Å². The summed E-state index contributed by atoms with van der Waals surface area (Å²) >= 11 is 0. The van der Waals surface area contributed by atoms with Gasteiger partial charge in [-0.05, 0) is 55.7 Å². The molecular formula is C31H29N3O2. The second-order valence-electron chi connectivity index (χ2n) is 8.82. The Morgan fingerprint density at radius 2 is 1.58 bits per heavy atom. The van der Waals surface area contributed by atoms with Crippen LogP contribution in [-0.4, -0.2) is 17.5 Å². The molecule has 1 aromatic heterocycles. The Kier molecular flexibility index (Phi) is 7.46. The van der Waals surface area contributed by atoms with Crippen LogP contribution in [-0.2, 0) is 6.42 Å². The highest BCUT2D eigenvalue weighted by atomic mass is 16.2. The predicted molar refractivity (Wildman–Crippen MR) is 145 cm³/mol. The summed E-state index contributed by atoms with van der Waals surface area (Å²) in [5.74, 6) is -0.244. The molecule has 0 unspecified atom stereocenters. The number of pyridine rings is 1. The van der Waals surface area contributed by atoms with E-state index in [1.165, 1.54) is 4.90 Å². The number of nitriles is 1. The number of aryl methyl sites for hydroxylation is 2. The summed E-state index contributed by atoms with van der Waals surface area (Å²) in [5, 5.41) is 9.73. The molecule has 180 valence electrons. The topological polar surface area (TPSA) is 66.1 Å². The molecule has 0 bridgehead atoms. The summed E-state index contributed by atoms with van der Waals surface area (Å²) < 4.78 is 1.72. The van der Waals surface area contributed by atoms with E-state index in [1.807, 2.05) is 73.7 Å². The number of hydrogen-bond donors (Lipinski definition) is 0. The third kappa shape index (κ3) is 4.71. The van der Waals surface area contributed by atoms with Gasteiger partial charge in [0, 0.05) is 29.4 Å². The molecule has 0 spiro atoms. The van der Waals surface area contributed by atoms with E-state index in [1.54, 1.807) is 29.8 Å². The number of para-hydroxylation sites is 1. The van der Waals surface area contributed by atoms with Crippen LogP contribution in [0.3, 0.4) is 0 Å². The highest BCUT2D eigenvalue weighted by Gasteiger charge is 2.23. The van der Waals surface area contributed by atoms with E-state index in [-0.39, 0.29) is 11.5 Å².